The lowest BCUT2D eigenvalue weighted by molar-refractivity contribution is 0.318. The first-order chi connectivity index (χ1) is 16.2. The number of anilines is 2. The van der Waals surface area contributed by atoms with Gasteiger partial charge in [0.1, 0.15) is 0 Å². The molecule has 1 aliphatic rings. The van der Waals surface area contributed by atoms with Gasteiger partial charge in [0.25, 0.3) is 10.2 Å². The van der Waals surface area contributed by atoms with E-state index in [2.05, 4.69) is 22.0 Å². The van der Waals surface area contributed by atoms with Crippen molar-refractivity contribution in [2.75, 3.05) is 42.4 Å². The average Bonchev–Trinajstić information content (AvgIpc) is 3.05. The first-order valence-electron chi connectivity index (χ1n) is 11.1. The molecule has 1 saturated heterocycles. The van der Waals surface area contributed by atoms with Crippen LogP contribution in [0, 0.1) is 0 Å². The Balaban J connectivity index is 0.00000228. The summed E-state index contributed by atoms with van der Waals surface area (Å²) in [4.78, 5) is 4.63. The molecule has 204 valence electrons. The summed E-state index contributed by atoms with van der Waals surface area (Å²) in [5, 5.41) is 19.4. The van der Waals surface area contributed by atoms with Gasteiger partial charge in [0.2, 0.25) is 0 Å². The van der Waals surface area contributed by atoms with E-state index >= 15 is 0 Å². The number of rotatable bonds is 6. The Kier molecular flexibility index (Phi) is 12.2. The van der Waals surface area contributed by atoms with Crippen molar-refractivity contribution >= 4 is 75.4 Å². The Bertz CT molecular complexity index is 1310. The minimum atomic E-state index is -4.00. The molecule has 1 heterocycles. The molecule has 0 saturated carbocycles. The van der Waals surface area contributed by atoms with Gasteiger partial charge in [0.05, 0.1) is 12.2 Å². The first-order valence-corrected chi connectivity index (χ1v) is 12.6. The SMILES string of the molecule is CN1CCCN(c2ccc(N(Cc3ccc4ccc(/C(N)=N/O)cc4c3)S(N)(=O)=O)cc2)CC1.Cl.Cl.Cl. The van der Waals surface area contributed by atoms with Crippen molar-refractivity contribution in [3.05, 3.63) is 71.8 Å². The lowest BCUT2D eigenvalue weighted by atomic mass is 10.0. The van der Waals surface area contributed by atoms with Gasteiger partial charge in [-0.3, -0.25) is 4.31 Å². The number of hydrogen-bond acceptors (Lipinski definition) is 6. The summed E-state index contributed by atoms with van der Waals surface area (Å²) in [5.41, 5.74) is 8.61. The fourth-order valence-electron chi connectivity index (χ4n) is 4.24. The monoisotopic (exact) mass is 590 g/mol. The molecule has 13 heteroatoms. The van der Waals surface area contributed by atoms with Crippen LogP contribution in [0.4, 0.5) is 11.4 Å². The van der Waals surface area contributed by atoms with Gasteiger partial charge >= 0.3 is 0 Å². The molecule has 0 bridgehead atoms. The van der Waals surface area contributed by atoms with Crippen molar-refractivity contribution in [1.29, 1.82) is 0 Å². The third-order valence-corrected chi connectivity index (χ3v) is 7.12. The Hall–Kier alpha value is -2.47. The summed E-state index contributed by atoms with van der Waals surface area (Å²) in [6.07, 6.45) is 1.08. The van der Waals surface area contributed by atoms with Crippen LogP contribution in [-0.4, -0.2) is 57.6 Å². The molecule has 0 aliphatic carbocycles. The quantitative estimate of drug-likeness (QED) is 0.174. The largest absolute Gasteiger partial charge is 0.409 e. The molecular weight excluding hydrogens is 559 g/mol. The highest BCUT2D eigenvalue weighted by Crippen LogP contribution is 2.26. The summed E-state index contributed by atoms with van der Waals surface area (Å²) in [5.74, 6) is 0.00890. The number of hydrogen-bond donors (Lipinski definition) is 3. The number of likely N-dealkylation sites (N-methyl/N-ethyl adjacent to an activating group) is 1. The highest BCUT2D eigenvalue weighted by molar-refractivity contribution is 7.90. The zero-order valence-corrected chi connectivity index (χ0v) is 23.6. The predicted molar refractivity (Wildman–Crippen MR) is 158 cm³/mol. The number of halogens is 3. The maximum absolute atomic E-state index is 12.5. The van der Waals surface area contributed by atoms with Crippen molar-refractivity contribution in [2.24, 2.45) is 16.0 Å². The third kappa shape index (κ3) is 8.00. The lowest BCUT2D eigenvalue weighted by Crippen LogP contribution is -2.36. The molecule has 5 N–H and O–H groups in total. The number of amidine groups is 1. The fourth-order valence-corrected chi connectivity index (χ4v) is 4.98. The Morgan fingerprint density at radius 2 is 1.62 bits per heavy atom. The minimum Gasteiger partial charge on any atom is -0.409 e. The normalized spacial score (nSPS) is 14.6. The molecule has 4 rings (SSSR count). The topological polar surface area (TPSA) is 128 Å². The molecule has 3 aromatic carbocycles. The van der Waals surface area contributed by atoms with Crippen molar-refractivity contribution in [2.45, 2.75) is 13.0 Å². The summed E-state index contributed by atoms with van der Waals surface area (Å²) in [6, 6.07) is 18.6. The van der Waals surface area contributed by atoms with Gasteiger partial charge in [-0.2, -0.15) is 8.42 Å². The molecule has 0 amide bonds. The molecule has 1 fully saturated rings. The number of benzene rings is 3. The van der Waals surface area contributed by atoms with Gasteiger partial charge < -0.3 is 20.7 Å². The van der Waals surface area contributed by atoms with E-state index in [4.69, 9.17) is 16.1 Å². The second kappa shape index (κ2) is 13.9. The van der Waals surface area contributed by atoms with Gasteiger partial charge in [0, 0.05) is 30.9 Å². The van der Waals surface area contributed by atoms with Crippen LogP contribution < -0.4 is 20.1 Å². The van der Waals surface area contributed by atoms with Gasteiger partial charge in [0.15, 0.2) is 5.84 Å². The molecule has 1 aliphatic heterocycles. The minimum absolute atomic E-state index is 0. The summed E-state index contributed by atoms with van der Waals surface area (Å²) in [7, 11) is -1.88. The highest BCUT2D eigenvalue weighted by atomic mass is 35.5. The smallest absolute Gasteiger partial charge is 0.299 e. The van der Waals surface area contributed by atoms with Crippen LogP contribution in [0.15, 0.2) is 65.8 Å². The molecule has 0 aromatic heterocycles. The van der Waals surface area contributed by atoms with Crippen LogP contribution in [0.5, 0.6) is 0 Å². The second-order valence-corrected chi connectivity index (χ2v) is 10.1. The maximum atomic E-state index is 12.5. The van der Waals surface area contributed by atoms with Crippen molar-refractivity contribution < 1.29 is 13.6 Å². The molecule has 37 heavy (non-hydrogen) atoms. The number of fused-ring (bicyclic) bond motifs is 1. The van der Waals surface area contributed by atoms with E-state index in [1.54, 1.807) is 24.3 Å². The van der Waals surface area contributed by atoms with E-state index in [-0.39, 0.29) is 49.6 Å². The fraction of sp³-hybridized carbons (Fsp3) is 0.292. The van der Waals surface area contributed by atoms with Crippen LogP contribution in [0.1, 0.15) is 17.5 Å². The van der Waals surface area contributed by atoms with Crippen molar-refractivity contribution in [3.8, 4) is 0 Å². The zero-order chi connectivity index (χ0) is 24.3. The molecule has 9 nitrogen and oxygen atoms in total. The van der Waals surface area contributed by atoms with E-state index in [1.807, 2.05) is 36.4 Å². The predicted octanol–water partition coefficient (Wildman–Crippen LogP) is 3.55. The first kappa shape index (κ1) is 32.6. The van der Waals surface area contributed by atoms with E-state index in [1.165, 1.54) is 4.31 Å². The third-order valence-electron chi connectivity index (χ3n) is 6.16. The van der Waals surface area contributed by atoms with E-state index in [9.17, 15) is 8.42 Å². The van der Waals surface area contributed by atoms with E-state index in [0.717, 1.165) is 54.6 Å². The molecule has 0 spiro atoms. The summed E-state index contributed by atoms with van der Waals surface area (Å²) < 4.78 is 26.2. The lowest BCUT2D eigenvalue weighted by Gasteiger charge is -2.25. The number of nitrogens with zero attached hydrogens (tertiary/aromatic N) is 4. The van der Waals surface area contributed by atoms with Gasteiger partial charge in [-0.25, -0.2) is 5.14 Å². The number of oxime groups is 1. The Morgan fingerprint density at radius 3 is 2.27 bits per heavy atom. The summed E-state index contributed by atoms with van der Waals surface area (Å²) in [6.45, 7) is 4.04. The van der Waals surface area contributed by atoms with Crippen LogP contribution in [0.3, 0.4) is 0 Å². The molecular formula is C24H33Cl3N6O3S. The van der Waals surface area contributed by atoms with Crippen LogP contribution in [0.2, 0.25) is 0 Å². The van der Waals surface area contributed by atoms with E-state index < -0.39 is 10.2 Å². The molecule has 0 atom stereocenters. The molecule has 3 aromatic rings. The second-order valence-electron chi connectivity index (χ2n) is 8.59. The molecule has 0 radical (unpaired) electrons. The van der Waals surface area contributed by atoms with Gasteiger partial charge in [-0.15, -0.1) is 37.2 Å². The zero-order valence-electron chi connectivity index (χ0n) is 20.4. The average molecular weight is 592 g/mol. The molecule has 0 unspecified atom stereocenters. The van der Waals surface area contributed by atoms with Crippen LogP contribution in [-0.2, 0) is 16.8 Å². The Labute approximate surface area is 236 Å². The standard InChI is InChI=1S/C24H30N6O3S.3ClH/c1-28-11-2-12-29(14-13-28)22-7-9-23(10-8-22)30(34(26,32)33)17-18-3-4-19-5-6-20(24(25)27-31)16-21(19)15-18;;;/h3-10,15-16,31H,2,11-14,17H2,1H3,(H2,25,27)(H2,26,32,33);3*1H. The Morgan fingerprint density at radius 1 is 0.946 bits per heavy atom. The van der Waals surface area contributed by atoms with E-state index in [0.29, 0.717) is 11.3 Å². The summed E-state index contributed by atoms with van der Waals surface area (Å²) >= 11 is 0. The van der Waals surface area contributed by atoms with Gasteiger partial charge in [-0.05, 0) is 72.7 Å². The maximum Gasteiger partial charge on any atom is 0.299 e. The van der Waals surface area contributed by atoms with Crippen molar-refractivity contribution in [3.63, 3.8) is 0 Å². The van der Waals surface area contributed by atoms with Crippen LogP contribution >= 0.6 is 37.2 Å². The number of nitrogens with two attached hydrogens (primary N) is 2. The van der Waals surface area contributed by atoms with Gasteiger partial charge in [-0.1, -0.05) is 29.4 Å². The highest BCUT2D eigenvalue weighted by Gasteiger charge is 2.20. The van der Waals surface area contributed by atoms with Crippen molar-refractivity contribution in [1.82, 2.24) is 4.90 Å². The van der Waals surface area contributed by atoms with Crippen LogP contribution in [0.25, 0.3) is 10.8 Å².